The van der Waals surface area contributed by atoms with Crippen LogP contribution in [-0.4, -0.2) is 92.6 Å². The van der Waals surface area contributed by atoms with E-state index in [1.165, 1.54) is 0 Å². The first-order valence-corrected chi connectivity index (χ1v) is 14.4. The third-order valence-electron chi connectivity index (χ3n) is 7.31. The van der Waals surface area contributed by atoms with Crippen molar-refractivity contribution in [2.24, 2.45) is 0 Å². The minimum atomic E-state index is -0.342. The van der Waals surface area contributed by atoms with Crippen molar-refractivity contribution in [1.29, 1.82) is 0 Å². The molecule has 0 aliphatic carbocycles. The van der Waals surface area contributed by atoms with Crippen molar-refractivity contribution in [2.75, 3.05) is 67.3 Å². The summed E-state index contributed by atoms with van der Waals surface area (Å²) in [5.74, 6) is 7.92. The van der Waals surface area contributed by atoms with Gasteiger partial charge in [-0.05, 0) is 36.6 Å². The number of hydrogen-bond acceptors (Lipinski definition) is 12. The van der Waals surface area contributed by atoms with E-state index in [2.05, 4.69) is 52.2 Å². The van der Waals surface area contributed by atoms with Crippen LogP contribution >= 0.6 is 0 Å². The van der Waals surface area contributed by atoms with Gasteiger partial charge >= 0.3 is 0 Å². The summed E-state index contributed by atoms with van der Waals surface area (Å²) in [5, 5.41) is 25.7. The number of aromatic nitrogens is 7. The summed E-state index contributed by atoms with van der Waals surface area (Å²) >= 11 is 0. The zero-order chi connectivity index (χ0) is 31.3. The molecule has 1 aliphatic heterocycles. The molecule has 0 radical (unpaired) electrons. The SMILES string of the molecule is CN(C)c1cc(N2CCCN(c3cc(-c4ccccc4O)nnc3N)CC2)nc(C#CCNC(=O)c2cc3ncccn3n2)n1. The number of amides is 1. The maximum absolute atomic E-state index is 12.6. The fourth-order valence-electron chi connectivity index (χ4n) is 5.00. The van der Waals surface area contributed by atoms with E-state index in [0.717, 1.165) is 36.8 Å². The van der Waals surface area contributed by atoms with E-state index in [1.807, 2.05) is 37.2 Å². The first-order chi connectivity index (χ1) is 21.9. The average Bonchev–Trinajstić information content (AvgIpc) is 3.34. The Kier molecular flexibility index (Phi) is 8.23. The third-order valence-corrected chi connectivity index (χ3v) is 7.31. The summed E-state index contributed by atoms with van der Waals surface area (Å²) in [7, 11) is 3.83. The fraction of sp³-hybridized carbons (Fsp3) is 0.258. The minimum Gasteiger partial charge on any atom is -0.507 e. The molecule has 1 amide bonds. The number of carbonyl (C=O) groups excluding carboxylic acids is 1. The maximum atomic E-state index is 12.6. The Hall–Kier alpha value is -5.97. The Bertz CT molecular complexity index is 1880. The number of benzene rings is 1. The first kappa shape index (κ1) is 29.1. The van der Waals surface area contributed by atoms with Gasteiger partial charge < -0.3 is 30.9 Å². The largest absolute Gasteiger partial charge is 0.507 e. The van der Waals surface area contributed by atoms with E-state index in [0.29, 0.717) is 41.6 Å². The summed E-state index contributed by atoms with van der Waals surface area (Å²) in [5.41, 5.74) is 9.04. The Labute approximate surface area is 259 Å². The molecule has 0 unspecified atom stereocenters. The van der Waals surface area contributed by atoms with E-state index >= 15 is 0 Å². The van der Waals surface area contributed by atoms with Crippen LogP contribution in [0.15, 0.2) is 60.9 Å². The van der Waals surface area contributed by atoms with Crippen molar-refractivity contribution >= 4 is 34.7 Å². The number of rotatable bonds is 6. The van der Waals surface area contributed by atoms with Crippen molar-refractivity contribution < 1.29 is 9.90 Å². The summed E-state index contributed by atoms with van der Waals surface area (Å²) in [6.45, 7) is 2.97. The van der Waals surface area contributed by atoms with Crippen LogP contribution in [0.3, 0.4) is 0 Å². The first-order valence-electron chi connectivity index (χ1n) is 14.4. The number of nitrogens with two attached hydrogens (primary N) is 1. The summed E-state index contributed by atoms with van der Waals surface area (Å²) in [6.07, 6.45) is 4.22. The van der Waals surface area contributed by atoms with Crippen molar-refractivity contribution in [2.45, 2.75) is 6.42 Å². The van der Waals surface area contributed by atoms with Gasteiger partial charge in [0.05, 0.1) is 17.9 Å². The van der Waals surface area contributed by atoms with Crippen LogP contribution in [-0.2, 0) is 0 Å². The number of nitrogens with one attached hydrogen (secondary N) is 1. The van der Waals surface area contributed by atoms with Crippen LogP contribution in [0.1, 0.15) is 22.7 Å². The molecule has 1 saturated heterocycles. The molecule has 4 N–H and O–H groups in total. The second-order valence-electron chi connectivity index (χ2n) is 10.6. The molecule has 14 nitrogen and oxygen atoms in total. The number of aromatic hydroxyl groups is 1. The number of fused-ring (bicyclic) bond motifs is 1. The predicted molar refractivity (Wildman–Crippen MR) is 171 cm³/mol. The van der Waals surface area contributed by atoms with Gasteiger partial charge in [-0.25, -0.2) is 19.5 Å². The highest BCUT2D eigenvalue weighted by Gasteiger charge is 2.21. The number of phenolic OH excluding ortho intramolecular Hbond substituents is 1. The van der Waals surface area contributed by atoms with Crippen molar-refractivity contribution in [1.82, 2.24) is 40.1 Å². The number of hydrogen-bond donors (Lipinski definition) is 3. The van der Waals surface area contributed by atoms with Gasteiger partial charge in [-0.15, -0.1) is 10.2 Å². The zero-order valence-electron chi connectivity index (χ0n) is 24.9. The number of phenols is 1. The maximum Gasteiger partial charge on any atom is 0.272 e. The van der Waals surface area contributed by atoms with Gasteiger partial charge in [0.1, 0.15) is 17.4 Å². The molecule has 0 spiro atoms. The van der Waals surface area contributed by atoms with Crippen LogP contribution < -0.4 is 25.8 Å². The molecule has 1 aliphatic rings. The molecular weight excluding hydrogens is 572 g/mol. The fourth-order valence-corrected chi connectivity index (χ4v) is 5.00. The number of para-hydroxylation sites is 1. The van der Waals surface area contributed by atoms with Crippen molar-refractivity contribution in [3.8, 4) is 28.8 Å². The summed E-state index contributed by atoms with van der Waals surface area (Å²) in [6, 6.07) is 14.2. The van der Waals surface area contributed by atoms with Gasteiger partial charge in [-0.3, -0.25) is 4.79 Å². The normalized spacial score (nSPS) is 13.2. The number of nitrogen functional groups attached to an aromatic ring is 1. The van der Waals surface area contributed by atoms with Gasteiger partial charge in [0.15, 0.2) is 17.2 Å². The number of nitrogens with zero attached hydrogens (tertiary/aromatic N) is 10. The predicted octanol–water partition coefficient (Wildman–Crippen LogP) is 1.83. The molecule has 14 heteroatoms. The Balaban J connectivity index is 1.15. The van der Waals surface area contributed by atoms with Crippen LogP contribution in [0.25, 0.3) is 16.9 Å². The van der Waals surface area contributed by atoms with E-state index in [4.69, 9.17) is 10.7 Å². The quantitative estimate of drug-likeness (QED) is 0.241. The molecule has 4 aromatic heterocycles. The average molecular weight is 605 g/mol. The van der Waals surface area contributed by atoms with Crippen LogP contribution in [0.2, 0.25) is 0 Å². The molecule has 1 aromatic carbocycles. The lowest BCUT2D eigenvalue weighted by Gasteiger charge is -2.25. The molecular formula is C31H32N12O2. The standard InChI is InChI=1S/C31H32N12O2/c1-40(2)28-20-29(36-26(35-28)10-5-11-34-31(45)23-19-27-33-12-6-15-43(27)39-23)42-14-7-13-41(16-17-42)24-18-22(37-38-30(24)32)21-8-3-4-9-25(21)44/h3-4,6,8-9,12,15,18-20,44H,7,11,13-14,16-17H2,1-2H3,(H2,32,38)(H,34,45). The van der Waals surface area contributed by atoms with Gasteiger partial charge in [0.25, 0.3) is 5.91 Å². The van der Waals surface area contributed by atoms with E-state index in [9.17, 15) is 9.90 Å². The highest BCUT2D eigenvalue weighted by molar-refractivity contribution is 5.93. The highest BCUT2D eigenvalue weighted by atomic mass is 16.3. The van der Waals surface area contributed by atoms with E-state index in [1.54, 1.807) is 47.2 Å². The number of anilines is 4. The lowest BCUT2D eigenvalue weighted by atomic mass is 10.1. The second kappa shape index (κ2) is 12.7. The lowest BCUT2D eigenvalue weighted by molar-refractivity contribution is 0.0953. The Morgan fingerprint density at radius 1 is 1.04 bits per heavy atom. The Morgan fingerprint density at radius 3 is 2.69 bits per heavy atom. The zero-order valence-corrected chi connectivity index (χ0v) is 24.9. The molecule has 0 bridgehead atoms. The molecule has 1 fully saturated rings. The smallest absolute Gasteiger partial charge is 0.272 e. The van der Waals surface area contributed by atoms with Crippen LogP contribution in [0, 0.1) is 11.8 Å². The second-order valence-corrected chi connectivity index (χ2v) is 10.6. The highest BCUT2D eigenvalue weighted by Crippen LogP contribution is 2.32. The van der Waals surface area contributed by atoms with Gasteiger partial charge in [0.2, 0.25) is 5.82 Å². The topological polar surface area (TPSA) is 167 Å². The van der Waals surface area contributed by atoms with Crippen molar-refractivity contribution in [3.05, 3.63) is 72.4 Å². The molecule has 45 heavy (non-hydrogen) atoms. The van der Waals surface area contributed by atoms with Crippen LogP contribution in [0.5, 0.6) is 5.75 Å². The molecule has 5 heterocycles. The van der Waals surface area contributed by atoms with E-state index in [-0.39, 0.29) is 23.9 Å². The lowest BCUT2D eigenvalue weighted by Crippen LogP contribution is -2.32. The monoisotopic (exact) mass is 604 g/mol. The Morgan fingerprint density at radius 2 is 1.87 bits per heavy atom. The van der Waals surface area contributed by atoms with Gasteiger partial charge in [-0.1, -0.05) is 18.1 Å². The molecule has 0 atom stereocenters. The molecule has 0 saturated carbocycles. The summed E-state index contributed by atoms with van der Waals surface area (Å²) in [4.78, 5) is 32.4. The summed E-state index contributed by atoms with van der Waals surface area (Å²) < 4.78 is 1.54. The molecule has 6 rings (SSSR count). The minimum absolute atomic E-state index is 0.105. The van der Waals surface area contributed by atoms with Crippen molar-refractivity contribution in [3.63, 3.8) is 0 Å². The van der Waals surface area contributed by atoms with E-state index < -0.39 is 0 Å². The molecule has 5 aromatic rings. The van der Waals surface area contributed by atoms with Crippen LogP contribution in [0.4, 0.5) is 23.1 Å². The van der Waals surface area contributed by atoms with Gasteiger partial charge in [-0.2, -0.15) is 5.10 Å². The molecule has 228 valence electrons. The third kappa shape index (κ3) is 6.52. The van der Waals surface area contributed by atoms with Gasteiger partial charge in [0, 0.05) is 70.4 Å². The number of carbonyl (C=O) groups is 1.